The largest absolute Gasteiger partial charge is 0.0840 e. The van der Waals surface area contributed by atoms with Crippen LogP contribution in [0.1, 0.15) is 13.3 Å². The van der Waals surface area contributed by atoms with E-state index in [2.05, 4.69) is 43.4 Å². The van der Waals surface area contributed by atoms with Crippen LogP contribution in [0.25, 0.3) is 0 Å². The molecule has 0 saturated carbocycles. The van der Waals surface area contributed by atoms with Gasteiger partial charge in [0.1, 0.15) is 0 Å². The Morgan fingerprint density at radius 3 is 2.78 bits per heavy atom. The quantitative estimate of drug-likeness (QED) is 0.461. The van der Waals surface area contributed by atoms with Crippen LogP contribution in [0, 0.1) is 5.92 Å². The third kappa shape index (κ3) is 2.31. The van der Waals surface area contributed by atoms with Gasteiger partial charge in [-0.15, -0.1) is 0 Å². The second-order valence-corrected chi connectivity index (χ2v) is 2.41. The van der Waals surface area contributed by atoms with E-state index >= 15 is 0 Å². The molecule has 1 aliphatic carbocycles. The number of hydrogen-bond donors (Lipinski definition) is 0. The predicted molar refractivity (Wildman–Crippen MR) is 41.2 cm³/mol. The minimum absolute atomic E-state index is 0.700. The van der Waals surface area contributed by atoms with Gasteiger partial charge in [-0.2, -0.15) is 0 Å². The molecule has 1 unspecified atom stereocenters. The lowest BCUT2D eigenvalue weighted by molar-refractivity contribution is 0.743. The molecule has 0 bridgehead atoms. The maximum Gasteiger partial charge on any atom is -0.0224 e. The highest BCUT2D eigenvalue weighted by Crippen LogP contribution is 2.06. The van der Waals surface area contributed by atoms with Gasteiger partial charge in [0.2, 0.25) is 0 Å². The van der Waals surface area contributed by atoms with Gasteiger partial charge in [0.15, 0.2) is 0 Å². The maximum absolute atomic E-state index is 2.22. The van der Waals surface area contributed by atoms with E-state index < -0.39 is 0 Å². The van der Waals surface area contributed by atoms with Gasteiger partial charge in [0.25, 0.3) is 0 Å². The average Bonchev–Trinajstić information content (AvgIpc) is 1.79. The van der Waals surface area contributed by atoms with Gasteiger partial charge in [-0.3, -0.25) is 0 Å². The Labute approximate surface area is 56.6 Å². The zero-order valence-corrected chi connectivity index (χ0v) is 5.75. The molecule has 0 radical (unpaired) electrons. The summed E-state index contributed by atoms with van der Waals surface area (Å²) in [4.78, 5) is 0. The zero-order chi connectivity index (χ0) is 6.53. The highest BCUT2D eigenvalue weighted by Gasteiger charge is 1.91. The van der Waals surface area contributed by atoms with Crippen molar-refractivity contribution >= 4 is 0 Å². The van der Waals surface area contributed by atoms with Crippen LogP contribution in [0.5, 0.6) is 0 Å². The molecule has 0 saturated heterocycles. The topological polar surface area (TPSA) is 0 Å². The maximum atomic E-state index is 2.22. The number of hydrogen-bond acceptors (Lipinski definition) is 0. The number of rotatable bonds is 0. The summed E-state index contributed by atoms with van der Waals surface area (Å²) in [5.74, 6) is 0.700. The van der Waals surface area contributed by atoms with Gasteiger partial charge in [-0.1, -0.05) is 43.4 Å². The van der Waals surface area contributed by atoms with E-state index in [1.807, 2.05) is 0 Å². The van der Waals surface area contributed by atoms with Gasteiger partial charge >= 0.3 is 0 Å². The SMILES string of the molecule is CC1\C=C/C=C\C=C/C1. The highest BCUT2D eigenvalue weighted by atomic mass is 14.0. The lowest BCUT2D eigenvalue weighted by atomic mass is 10.1. The van der Waals surface area contributed by atoms with Crippen molar-refractivity contribution in [2.75, 3.05) is 0 Å². The van der Waals surface area contributed by atoms with E-state index in [0.717, 1.165) is 0 Å². The normalized spacial score (nSPS) is 36.3. The molecule has 0 amide bonds. The Balaban J connectivity index is 2.59. The van der Waals surface area contributed by atoms with E-state index in [4.69, 9.17) is 0 Å². The van der Waals surface area contributed by atoms with Crippen molar-refractivity contribution in [3.8, 4) is 0 Å². The molecule has 0 aromatic rings. The van der Waals surface area contributed by atoms with E-state index in [1.165, 1.54) is 6.42 Å². The molecule has 0 aliphatic heterocycles. The summed E-state index contributed by atoms with van der Waals surface area (Å²) in [6.07, 6.45) is 13.9. The molecular formula is C9H12. The lowest BCUT2D eigenvalue weighted by Gasteiger charge is -2.00. The molecule has 0 heteroatoms. The van der Waals surface area contributed by atoms with E-state index in [9.17, 15) is 0 Å². The van der Waals surface area contributed by atoms with Gasteiger partial charge in [-0.25, -0.2) is 0 Å². The summed E-state index contributed by atoms with van der Waals surface area (Å²) in [7, 11) is 0. The van der Waals surface area contributed by atoms with E-state index in [0.29, 0.717) is 5.92 Å². The summed E-state index contributed by atoms with van der Waals surface area (Å²) in [5, 5.41) is 0. The Morgan fingerprint density at radius 2 is 1.89 bits per heavy atom. The molecule has 1 atom stereocenters. The third-order valence-electron chi connectivity index (χ3n) is 1.42. The van der Waals surface area contributed by atoms with Crippen molar-refractivity contribution in [2.24, 2.45) is 5.92 Å². The predicted octanol–water partition coefficient (Wildman–Crippen LogP) is 2.69. The van der Waals surface area contributed by atoms with Crippen LogP contribution in [-0.4, -0.2) is 0 Å². The van der Waals surface area contributed by atoms with Crippen molar-refractivity contribution in [1.29, 1.82) is 0 Å². The molecule has 48 valence electrons. The van der Waals surface area contributed by atoms with Crippen LogP contribution < -0.4 is 0 Å². The number of allylic oxidation sites excluding steroid dienone is 6. The molecule has 0 aromatic carbocycles. The zero-order valence-electron chi connectivity index (χ0n) is 5.75. The second-order valence-electron chi connectivity index (χ2n) is 2.41. The van der Waals surface area contributed by atoms with Gasteiger partial charge < -0.3 is 0 Å². The van der Waals surface area contributed by atoms with Crippen molar-refractivity contribution in [2.45, 2.75) is 13.3 Å². The first kappa shape index (κ1) is 6.34. The molecule has 0 fully saturated rings. The van der Waals surface area contributed by atoms with Crippen molar-refractivity contribution in [3.05, 3.63) is 36.5 Å². The third-order valence-corrected chi connectivity index (χ3v) is 1.42. The summed E-state index contributed by atoms with van der Waals surface area (Å²) in [6, 6.07) is 0. The minimum atomic E-state index is 0.700. The average molecular weight is 120 g/mol. The minimum Gasteiger partial charge on any atom is -0.0840 e. The molecule has 0 spiro atoms. The molecule has 0 aromatic heterocycles. The van der Waals surface area contributed by atoms with E-state index in [-0.39, 0.29) is 0 Å². The summed E-state index contributed by atoms with van der Waals surface area (Å²) >= 11 is 0. The highest BCUT2D eigenvalue weighted by molar-refractivity contribution is 5.14. The van der Waals surface area contributed by atoms with Gasteiger partial charge in [0.05, 0.1) is 0 Å². The van der Waals surface area contributed by atoms with Crippen molar-refractivity contribution in [1.82, 2.24) is 0 Å². The Morgan fingerprint density at radius 1 is 1.11 bits per heavy atom. The summed E-state index contributed by atoms with van der Waals surface area (Å²) < 4.78 is 0. The van der Waals surface area contributed by atoms with Gasteiger partial charge in [0, 0.05) is 0 Å². The summed E-state index contributed by atoms with van der Waals surface area (Å²) in [6.45, 7) is 2.22. The molecule has 1 rings (SSSR count). The van der Waals surface area contributed by atoms with Crippen LogP contribution in [0.15, 0.2) is 36.5 Å². The first-order valence-corrected chi connectivity index (χ1v) is 3.39. The standard InChI is InChI=1S/C9H12/c1-9-7-5-3-2-4-6-8-9/h2-7,9H,8H2,1H3/b3-2-,6-4-,7-5-. The smallest absolute Gasteiger partial charge is 0.0224 e. The van der Waals surface area contributed by atoms with Gasteiger partial charge in [-0.05, 0) is 12.3 Å². The van der Waals surface area contributed by atoms with Crippen molar-refractivity contribution in [3.63, 3.8) is 0 Å². The van der Waals surface area contributed by atoms with Crippen LogP contribution in [-0.2, 0) is 0 Å². The first-order chi connectivity index (χ1) is 4.39. The monoisotopic (exact) mass is 120 g/mol. The Bertz CT molecular complexity index is 149. The molecule has 0 N–H and O–H groups in total. The molecule has 1 aliphatic rings. The van der Waals surface area contributed by atoms with Crippen LogP contribution in [0.4, 0.5) is 0 Å². The molecule has 9 heavy (non-hydrogen) atoms. The summed E-state index contributed by atoms with van der Waals surface area (Å²) in [5.41, 5.74) is 0. The van der Waals surface area contributed by atoms with E-state index in [1.54, 1.807) is 0 Å². The molecule has 0 nitrogen and oxygen atoms in total. The second kappa shape index (κ2) is 3.29. The lowest BCUT2D eigenvalue weighted by Crippen LogP contribution is -1.85. The molecule has 0 heterocycles. The Hall–Kier alpha value is -0.780. The Kier molecular flexibility index (Phi) is 2.32. The van der Waals surface area contributed by atoms with Crippen LogP contribution >= 0.6 is 0 Å². The molecular weight excluding hydrogens is 108 g/mol. The fraction of sp³-hybridized carbons (Fsp3) is 0.333. The van der Waals surface area contributed by atoms with Crippen LogP contribution in [0.2, 0.25) is 0 Å². The van der Waals surface area contributed by atoms with Crippen molar-refractivity contribution < 1.29 is 0 Å². The fourth-order valence-electron chi connectivity index (χ4n) is 0.832. The van der Waals surface area contributed by atoms with Crippen LogP contribution in [0.3, 0.4) is 0 Å². The first-order valence-electron chi connectivity index (χ1n) is 3.39. The fourth-order valence-corrected chi connectivity index (χ4v) is 0.832.